The molecule has 0 heterocycles. The summed E-state index contributed by atoms with van der Waals surface area (Å²) in [6, 6.07) is 5.51. The van der Waals surface area contributed by atoms with Crippen LogP contribution in [0.5, 0.6) is 5.75 Å². The Hall–Kier alpha value is -0.995. The van der Waals surface area contributed by atoms with E-state index in [1.54, 1.807) is 6.07 Å². The number of hydrogen-bond donors (Lipinski definition) is 2. The highest BCUT2D eigenvalue weighted by Gasteiger charge is 2.22. The van der Waals surface area contributed by atoms with Gasteiger partial charge in [-0.05, 0) is 38.7 Å². The molecule has 0 bridgehead atoms. The van der Waals surface area contributed by atoms with Gasteiger partial charge in [0.25, 0.3) is 0 Å². The third-order valence-corrected chi connectivity index (χ3v) is 3.04. The Morgan fingerprint density at radius 1 is 1.25 bits per heavy atom. The highest BCUT2D eigenvalue weighted by atomic mass is 16.5. The lowest BCUT2D eigenvalue weighted by atomic mass is 9.79. The Morgan fingerprint density at radius 3 is 2.56 bits per heavy atom. The van der Waals surface area contributed by atoms with E-state index in [-0.39, 0.29) is 6.10 Å². The average molecular weight is 220 g/mol. The third kappa shape index (κ3) is 2.57. The number of rotatable bonds is 3. The zero-order valence-corrected chi connectivity index (χ0v) is 9.52. The first-order valence-corrected chi connectivity index (χ1v) is 5.80. The monoisotopic (exact) mass is 220 g/mol. The number of aryl methyl sites for hydroxylation is 1. The molecule has 4 heteroatoms. The van der Waals surface area contributed by atoms with Gasteiger partial charge in [-0.1, -0.05) is 17.7 Å². The van der Waals surface area contributed by atoms with E-state index in [0.29, 0.717) is 11.2 Å². The molecule has 1 aromatic rings. The Bertz CT molecular complexity index is 359. The van der Waals surface area contributed by atoms with Crippen molar-refractivity contribution in [2.75, 3.05) is 0 Å². The van der Waals surface area contributed by atoms with E-state index in [0.717, 1.165) is 18.4 Å². The van der Waals surface area contributed by atoms with E-state index in [1.165, 1.54) is 12.8 Å². The Balaban J connectivity index is 2.18. The first-order valence-electron chi connectivity index (χ1n) is 5.80. The van der Waals surface area contributed by atoms with Gasteiger partial charge in [-0.2, -0.15) is 0 Å². The highest BCUT2D eigenvalue weighted by molar-refractivity contribution is 6.59. The van der Waals surface area contributed by atoms with Crippen molar-refractivity contribution in [2.24, 2.45) is 0 Å². The summed E-state index contributed by atoms with van der Waals surface area (Å²) in [4.78, 5) is 0. The molecule has 0 amide bonds. The van der Waals surface area contributed by atoms with Crippen LogP contribution in [0.15, 0.2) is 18.2 Å². The van der Waals surface area contributed by atoms with E-state index < -0.39 is 7.12 Å². The minimum Gasteiger partial charge on any atom is -0.491 e. The van der Waals surface area contributed by atoms with Crippen LogP contribution in [0.1, 0.15) is 31.2 Å². The highest BCUT2D eigenvalue weighted by Crippen LogP contribution is 2.23. The molecule has 0 aromatic heterocycles. The van der Waals surface area contributed by atoms with Crippen LogP contribution in [-0.4, -0.2) is 23.3 Å². The fraction of sp³-hybridized carbons (Fsp3) is 0.500. The summed E-state index contributed by atoms with van der Waals surface area (Å²) in [6.45, 7) is 1.92. The normalized spacial score (nSPS) is 16.4. The Kier molecular flexibility index (Phi) is 3.51. The zero-order valence-electron chi connectivity index (χ0n) is 9.52. The van der Waals surface area contributed by atoms with Crippen LogP contribution in [0.4, 0.5) is 0 Å². The number of benzene rings is 1. The summed E-state index contributed by atoms with van der Waals surface area (Å²) < 4.78 is 5.80. The van der Waals surface area contributed by atoms with Gasteiger partial charge in [-0.3, -0.25) is 0 Å². The SMILES string of the molecule is Cc1ccc(OC2CCCC2)c(B(O)O)c1. The van der Waals surface area contributed by atoms with Gasteiger partial charge >= 0.3 is 7.12 Å². The van der Waals surface area contributed by atoms with Gasteiger partial charge in [0.05, 0.1) is 6.10 Å². The van der Waals surface area contributed by atoms with Gasteiger partial charge in [0.1, 0.15) is 5.75 Å². The Morgan fingerprint density at radius 2 is 1.94 bits per heavy atom. The summed E-state index contributed by atoms with van der Waals surface area (Å²) in [7, 11) is -1.46. The minimum absolute atomic E-state index is 0.236. The van der Waals surface area contributed by atoms with E-state index in [4.69, 9.17) is 4.74 Å². The summed E-state index contributed by atoms with van der Waals surface area (Å²) in [6.07, 6.45) is 4.77. The van der Waals surface area contributed by atoms with E-state index in [9.17, 15) is 10.0 Å². The number of ether oxygens (including phenoxy) is 1. The van der Waals surface area contributed by atoms with Crippen molar-refractivity contribution in [2.45, 2.75) is 38.7 Å². The Labute approximate surface area is 96.2 Å². The molecule has 1 aromatic carbocycles. The van der Waals surface area contributed by atoms with Crippen LogP contribution in [-0.2, 0) is 0 Å². The maximum absolute atomic E-state index is 9.28. The largest absolute Gasteiger partial charge is 0.492 e. The minimum atomic E-state index is -1.46. The molecule has 0 radical (unpaired) electrons. The molecule has 1 aliphatic rings. The second-order valence-electron chi connectivity index (χ2n) is 4.44. The summed E-state index contributed by atoms with van der Waals surface area (Å²) in [5, 5.41) is 18.6. The second-order valence-corrected chi connectivity index (χ2v) is 4.44. The lowest BCUT2D eigenvalue weighted by Crippen LogP contribution is -2.32. The molecule has 1 fully saturated rings. The van der Waals surface area contributed by atoms with Crippen molar-refractivity contribution in [3.63, 3.8) is 0 Å². The summed E-state index contributed by atoms with van der Waals surface area (Å²) in [5.74, 6) is 0.604. The topological polar surface area (TPSA) is 49.7 Å². The van der Waals surface area contributed by atoms with Crippen molar-refractivity contribution in [1.29, 1.82) is 0 Å². The lowest BCUT2D eigenvalue weighted by molar-refractivity contribution is 0.211. The molecule has 2 rings (SSSR count). The zero-order chi connectivity index (χ0) is 11.5. The quantitative estimate of drug-likeness (QED) is 0.747. The molecule has 86 valence electrons. The van der Waals surface area contributed by atoms with Gasteiger partial charge in [0, 0.05) is 5.46 Å². The molecule has 16 heavy (non-hydrogen) atoms. The molecular formula is C12H17BO3. The second kappa shape index (κ2) is 4.89. The van der Waals surface area contributed by atoms with Gasteiger partial charge in [-0.15, -0.1) is 0 Å². The fourth-order valence-electron chi connectivity index (χ4n) is 2.16. The van der Waals surface area contributed by atoms with Crippen LogP contribution >= 0.6 is 0 Å². The molecular weight excluding hydrogens is 203 g/mol. The van der Waals surface area contributed by atoms with E-state index >= 15 is 0 Å². The lowest BCUT2D eigenvalue weighted by Gasteiger charge is -2.16. The van der Waals surface area contributed by atoms with Crippen LogP contribution in [0.3, 0.4) is 0 Å². The van der Waals surface area contributed by atoms with Gasteiger partial charge in [0.2, 0.25) is 0 Å². The van der Waals surface area contributed by atoms with Crippen molar-refractivity contribution < 1.29 is 14.8 Å². The maximum atomic E-state index is 9.28. The van der Waals surface area contributed by atoms with Crippen molar-refractivity contribution >= 4 is 12.6 Å². The summed E-state index contributed by atoms with van der Waals surface area (Å²) in [5.41, 5.74) is 1.47. The third-order valence-electron chi connectivity index (χ3n) is 3.04. The van der Waals surface area contributed by atoms with Gasteiger partial charge < -0.3 is 14.8 Å². The van der Waals surface area contributed by atoms with Gasteiger partial charge in [0.15, 0.2) is 0 Å². The molecule has 0 atom stereocenters. The van der Waals surface area contributed by atoms with E-state index in [2.05, 4.69) is 0 Å². The molecule has 2 N–H and O–H groups in total. The molecule has 0 spiro atoms. The first kappa shape index (κ1) is 11.5. The molecule has 3 nitrogen and oxygen atoms in total. The van der Waals surface area contributed by atoms with Crippen molar-refractivity contribution in [1.82, 2.24) is 0 Å². The summed E-state index contributed by atoms with van der Waals surface area (Å²) >= 11 is 0. The van der Waals surface area contributed by atoms with Gasteiger partial charge in [-0.25, -0.2) is 0 Å². The first-order chi connectivity index (χ1) is 7.66. The van der Waals surface area contributed by atoms with Crippen LogP contribution in [0, 0.1) is 6.92 Å². The van der Waals surface area contributed by atoms with Crippen molar-refractivity contribution in [3.05, 3.63) is 23.8 Å². The molecule has 1 saturated carbocycles. The fourth-order valence-corrected chi connectivity index (χ4v) is 2.16. The van der Waals surface area contributed by atoms with Crippen LogP contribution < -0.4 is 10.2 Å². The standard InChI is InChI=1S/C12H17BO3/c1-9-6-7-12(11(8-9)13(14)15)16-10-4-2-3-5-10/h6-8,10,14-15H,2-5H2,1H3. The molecule has 1 aliphatic carbocycles. The predicted octanol–water partition coefficient (Wildman–Crippen LogP) is 0.996. The predicted molar refractivity (Wildman–Crippen MR) is 63.9 cm³/mol. The maximum Gasteiger partial charge on any atom is 0.492 e. The van der Waals surface area contributed by atoms with Crippen LogP contribution in [0.25, 0.3) is 0 Å². The molecule has 0 aliphatic heterocycles. The smallest absolute Gasteiger partial charge is 0.491 e. The molecule has 0 saturated heterocycles. The average Bonchev–Trinajstić information content (AvgIpc) is 2.73. The van der Waals surface area contributed by atoms with E-state index in [1.807, 2.05) is 19.1 Å². The molecule has 0 unspecified atom stereocenters. The number of hydrogen-bond acceptors (Lipinski definition) is 3. The van der Waals surface area contributed by atoms with Crippen LogP contribution in [0.2, 0.25) is 0 Å². The van der Waals surface area contributed by atoms with Crippen molar-refractivity contribution in [3.8, 4) is 5.75 Å².